The van der Waals surface area contributed by atoms with Gasteiger partial charge in [-0.1, -0.05) is 47.5 Å². The Hall–Kier alpha value is -2.14. The van der Waals surface area contributed by atoms with Crippen molar-refractivity contribution in [3.8, 4) is 0 Å². The predicted octanol–water partition coefficient (Wildman–Crippen LogP) is 3.49. The van der Waals surface area contributed by atoms with Gasteiger partial charge in [-0.2, -0.15) is 17.9 Å². The standard InChI is InChI=1S/C18H20N2O2S/c1-13-4-8-16(9-5-13)18-12-15(3)20(19-18)23(21,22)17-10-6-14(2)7-11-17/h4-11,15H,12H2,1-3H3. The van der Waals surface area contributed by atoms with Crippen LogP contribution in [-0.4, -0.2) is 24.6 Å². The van der Waals surface area contributed by atoms with E-state index in [0.717, 1.165) is 16.8 Å². The van der Waals surface area contributed by atoms with Crippen LogP contribution >= 0.6 is 0 Å². The van der Waals surface area contributed by atoms with E-state index in [9.17, 15) is 8.42 Å². The number of benzene rings is 2. The number of nitrogens with zero attached hydrogens (tertiary/aromatic N) is 2. The molecule has 0 fully saturated rings. The van der Waals surface area contributed by atoms with E-state index >= 15 is 0 Å². The fourth-order valence-corrected chi connectivity index (χ4v) is 4.10. The number of hydrogen-bond acceptors (Lipinski definition) is 3. The number of hydrogen-bond donors (Lipinski definition) is 0. The molecule has 4 nitrogen and oxygen atoms in total. The molecule has 3 rings (SSSR count). The third-order valence-corrected chi connectivity index (χ3v) is 5.84. The second kappa shape index (κ2) is 5.81. The molecule has 5 heteroatoms. The van der Waals surface area contributed by atoms with Crippen molar-refractivity contribution in [3.05, 3.63) is 65.2 Å². The lowest BCUT2D eigenvalue weighted by Crippen LogP contribution is -2.30. The molecule has 0 aliphatic carbocycles. The highest BCUT2D eigenvalue weighted by Gasteiger charge is 2.33. The molecule has 120 valence electrons. The predicted molar refractivity (Wildman–Crippen MR) is 92.0 cm³/mol. The van der Waals surface area contributed by atoms with Gasteiger partial charge in [0.05, 0.1) is 16.6 Å². The van der Waals surface area contributed by atoms with E-state index in [0.29, 0.717) is 6.42 Å². The lowest BCUT2D eigenvalue weighted by Gasteiger charge is -2.19. The lowest BCUT2D eigenvalue weighted by molar-refractivity contribution is 0.384. The van der Waals surface area contributed by atoms with E-state index < -0.39 is 10.0 Å². The molecular weight excluding hydrogens is 308 g/mol. The van der Waals surface area contributed by atoms with Crippen LogP contribution < -0.4 is 0 Å². The third-order valence-electron chi connectivity index (χ3n) is 4.03. The molecule has 0 spiro atoms. The molecule has 2 aromatic carbocycles. The van der Waals surface area contributed by atoms with Gasteiger partial charge in [-0.15, -0.1) is 0 Å². The van der Waals surface area contributed by atoms with Crippen molar-refractivity contribution in [2.75, 3.05) is 0 Å². The summed E-state index contributed by atoms with van der Waals surface area (Å²) in [7, 11) is -3.61. The molecule has 0 saturated heterocycles. The molecule has 23 heavy (non-hydrogen) atoms. The summed E-state index contributed by atoms with van der Waals surface area (Å²) in [5, 5.41) is 4.40. The largest absolute Gasteiger partial charge is 0.279 e. The minimum Gasteiger partial charge on any atom is -0.200 e. The Labute approximate surface area is 137 Å². The van der Waals surface area contributed by atoms with Crippen LogP contribution in [0.25, 0.3) is 0 Å². The van der Waals surface area contributed by atoms with Crippen LogP contribution in [0.5, 0.6) is 0 Å². The van der Waals surface area contributed by atoms with Crippen molar-refractivity contribution >= 4 is 15.7 Å². The van der Waals surface area contributed by atoms with Gasteiger partial charge in [-0.25, -0.2) is 0 Å². The van der Waals surface area contributed by atoms with Crippen LogP contribution in [-0.2, 0) is 10.0 Å². The first-order chi connectivity index (χ1) is 10.9. The van der Waals surface area contributed by atoms with Gasteiger partial charge in [0.25, 0.3) is 10.0 Å². The van der Waals surface area contributed by atoms with E-state index in [2.05, 4.69) is 5.10 Å². The van der Waals surface area contributed by atoms with Crippen LogP contribution in [0, 0.1) is 13.8 Å². The van der Waals surface area contributed by atoms with Gasteiger partial charge in [-0.3, -0.25) is 0 Å². The molecule has 2 aromatic rings. The maximum Gasteiger partial charge on any atom is 0.279 e. The number of rotatable bonds is 3. The van der Waals surface area contributed by atoms with Crippen LogP contribution in [0.4, 0.5) is 0 Å². The van der Waals surface area contributed by atoms with Crippen LogP contribution in [0.2, 0.25) is 0 Å². The van der Waals surface area contributed by atoms with Gasteiger partial charge in [0.2, 0.25) is 0 Å². The average Bonchev–Trinajstić information content (AvgIpc) is 2.91. The molecule has 0 amide bonds. The Morgan fingerprint density at radius 3 is 2.04 bits per heavy atom. The smallest absolute Gasteiger partial charge is 0.200 e. The highest BCUT2D eigenvalue weighted by molar-refractivity contribution is 7.89. The zero-order valence-electron chi connectivity index (χ0n) is 13.5. The van der Waals surface area contributed by atoms with Gasteiger partial charge >= 0.3 is 0 Å². The lowest BCUT2D eigenvalue weighted by atomic mass is 10.0. The minimum atomic E-state index is -3.61. The van der Waals surface area contributed by atoms with Gasteiger partial charge in [-0.05, 0) is 38.5 Å². The summed E-state index contributed by atoms with van der Waals surface area (Å²) in [6.07, 6.45) is 0.619. The van der Waals surface area contributed by atoms with Gasteiger partial charge in [0, 0.05) is 6.42 Å². The molecule has 0 N–H and O–H groups in total. The molecule has 1 atom stereocenters. The zero-order valence-corrected chi connectivity index (χ0v) is 14.3. The average molecular weight is 328 g/mol. The van der Waals surface area contributed by atoms with Gasteiger partial charge in [0.15, 0.2) is 0 Å². The van der Waals surface area contributed by atoms with E-state index in [1.807, 2.05) is 45.0 Å². The third kappa shape index (κ3) is 3.01. The fourth-order valence-electron chi connectivity index (χ4n) is 2.65. The highest BCUT2D eigenvalue weighted by atomic mass is 32.2. The molecule has 1 unspecified atom stereocenters. The van der Waals surface area contributed by atoms with Crippen molar-refractivity contribution < 1.29 is 8.42 Å². The molecule has 1 aliphatic heterocycles. The first-order valence-electron chi connectivity index (χ1n) is 7.63. The van der Waals surface area contributed by atoms with Crippen molar-refractivity contribution in [1.29, 1.82) is 0 Å². The first-order valence-corrected chi connectivity index (χ1v) is 9.07. The van der Waals surface area contributed by atoms with Crippen molar-refractivity contribution in [2.24, 2.45) is 5.10 Å². The van der Waals surface area contributed by atoms with Gasteiger partial charge < -0.3 is 0 Å². The summed E-state index contributed by atoms with van der Waals surface area (Å²) < 4.78 is 26.9. The normalized spacial score (nSPS) is 18.1. The monoisotopic (exact) mass is 328 g/mol. The molecule has 0 aromatic heterocycles. The fraction of sp³-hybridized carbons (Fsp3) is 0.278. The van der Waals surface area contributed by atoms with E-state index in [1.165, 1.54) is 9.98 Å². The summed E-state index contributed by atoms with van der Waals surface area (Å²) >= 11 is 0. The van der Waals surface area contributed by atoms with Crippen molar-refractivity contribution in [1.82, 2.24) is 4.41 Å². The summed E-state index contributed by atoms with van der Waals surface area (Å²) in [4.78, 5) is 0.281. The quantitative estimate of drug-likeness (QED) is 0.866. The van der Waals surface area contributed by atoms with E-state index in [1.54, 1.807) is 24.3 Å². The maximum atomic E-state index is 12.8. The van der Waals surface area contributed by atoms with Crippen molar-refractivity contribution in [3.63, 3.8) is 0 Å². The number of hydrazone groups is 1. The Kier molecular flexibility index (Phi) is 3.98. The Morgan fingerprint density at radius 2 is 1.48 bits per heavy atom. The van der Waals surface area contributed by atoms with Gasteiger partial charge in [0.1, 0.15) is 0 Å². The molecule has 1 heterocycles. The zero-order chi connectivity index (χ0) is 16.6. The minimum absolute atomic E-state index is 0.183. The van der Waals surface area contributed by atoms with Crippen LogP contribution in [0.15, 0.2) is 58.5 Å². The van der Waals surface area contributed by atoms with Crippen molar-refractivity contribution in [2.45, 2.75) is 38.1 Å². The van der Waals surface area contributed by atoms with Crippen LogP contribution in [0.3, 0.4) is 0 Å². The molecular formula is C18H20N2O2S. The molecule has 0 bridgehead atoms. The van der Waals surface area contributed by atoms with E-state index in [4.69, 9.17) is 0 Å². The summed E-state index contributed by atoms with van der Waals surface area (Å²) in [6.45, 7) is 5.84. The highest BCUT2D eigenvalue weighted by Crippen LogP contribution is 2.27. The SMILES string of the molecule is Cc1ccc(C2=NN(S(=O)(=O)c3ccc(C)cc3)C(C)C2)cc1. The topological polar surface area (TPSA) is 49.7 Å². The molecule has 1 aliphatic rings. The van der Waals surface area contributed by atoms with E-state index in [-0.39, 0.29) is 10.9 Å². The van der Waals surface area contributed by atoms with Crippen LogP contribution in [0.1, 0.15) is 30.0 Å². The summed E-state index contributed by atoms with van der Waals surface area (Å²) in [5.74, 6) is 0. The molecule has 0 radical (unpaired) electrons. The summed E-state index contributed by atoms with van der Waals surface area (Å²) in [6, 6.07) is 14.7. The number of sulfonamides is 1. The second-order valence-electron chi connectivity index (χ2n) is 6.06. The second-order valence-corrected chi connectivity index (χ2v) is 7.85. The Balaban J connectivity index is 1.96. The Bertz CT molecular complexity index is 838. The first kappa shape index (κ1) is 15.7. The maximum absolute atomic E-state index is 12.8. The Morgan fingerprint density at radius 1 is 0.957 bits per heavy atom. The number of aryl methyl sites for hydroxylation is 2. The summed E-state index contributed by atoms with van der Waals surface area (Å²) in [5.41, 5.74) is 3.99. The molecule has 0 saturated carbocycles.